The van der Waals surface area contributed by atoms with Crippen LogP contribution in [0, 0.1) is 0 Å². The summed E-state index contributed by atoms with van der Waals surface area (Å²) in [6.45, 7) is 1.80. The van der Waals surface area contributed by atoms with Crippen molar-refractivity contribution >= 4 is 0 Å². The van der Waals surface area contributed by atoms with Gasteiger partial charge in [0.05, 0.1) is 0 Å². The molecular formula is C5H14N2O. The number of methoxy groups -OCH3 is 1. The molecule has 3 nitrogen and oxygen atoms in total. The van der Waals surface area contributed by atoms with Crippen molar-refractivity contribution in [3.63, 3.8) is 0 Å². The van der Waals surface area contributed by atoms with Gasteiger partial charge in [-0.15, -0.1) is 0 Å². The lowest BCUT2D eigenvalue weighted by Gasteiger charge is -2.29. The molecule has 0 saturated carbocycles. The predicted octanol–water partition coefficient (Wildman–Crippen LogP) is -0.173. The first-order valence-corrected chi connectivity index (χ1v) is 2.52. The van der Waals surface area contributed by atoms with Crippen LogP contribution in [0.1, 0.15) is 6.92 Å². The third-order valence-electron chi connectivity index (χ3n) is 1.30. The molecule has 0 aliphatic carbocycles. The molecule has 0 aromatic heterocycles. The van der Waals surface area contributed by atoms with Gasteiger partial charge in [0.2, 0.25) is 0 Å². The summed E-state index contributed by atoms with van der Waals surface area (Å²) in [6, 6.07) is 0. The predicted molar refractivity (Wildman–Crippen MR) is 33.3 cm³/mol. The molecule has 50 valence electrons. The van der Waals surface area contributed by atoms with Crippen LogP contribution in [-0.4, -0.2) is 32.0 Å². The molecule has 1 unspecified atom stereocenters. The average Bonchev–Trinajstić information content (AvgIpc) is 1.67. The van der Waals surface area contributed by atoms with Crippen LogP contribution >= 0.6 is 0 Å². The first-order valence-electron chi connectivity index (χ1n) is 2.52. The lowest BCUT2D eigenvalue weighted by molar-refractivity contribution is -0.0942. The van der Waals surface area contributed by atoms with E-state index in [4.69, 9.17) is 10.5 Å². The van der Waals surface area contributed by atoms with Gasteiger partial charge in [-0.05, 0) is 21.0 Å². The normalized spacial score (nSPS) is 18.8. The fourth-order valence-corrected chi connectivity index (χ4v) is 0.183. The standard InChI is InChI=1S/C5H14N2O/c1-5(6,8-4)7(2)3/h6H2,1-4H3. The van der Waals surface area contributed by atoms with Crippen LogP contribution in [0.5, 0.6) is 0 Å². The largest absolute Gasteiger partial charge is 0.351 e. The molecule has 0 fully saturated rings. The Bertz CT molecular complexity index is 70.8. The van der Waals surface area contributed by atoms with Crippen LogP contribution in [0.2, 0.25) is 0 Å². The van der Waals surface area contributed by atoms with Crippen LogP contribution < -0.4 is 5.73 Å². The van der Waals surface area contributed by atoms with E-state index in [1.165, 1.54) is 0 Å². The molecule has 0 bridgehead atoms. The van der Waals surface area contributed by atoms with E-state index in [1.807, 2.05) is 14.1 Å². The van der Waals surface area contributed by atoms with Crippen molar-refractivity contribution in [2.24, 2.45) is 5.73 Å². The maximum absolute atomic E-state index is 5.56. The fraction of sp³-hybridized carbons (Fsp3) is 1.00. The van der Waals surface area contributed by atoms with Gasteiger partial charge < -0.3 is 4.74 Å². The molecule has 1 atom stereocenters. The molecule has 3 heteroatoms. The number of hydrogen-bond acceptors (Lipinski definition) is 3. The smallest absolute Gasteiger partial charge is 0.170 e. The zero-order valence-electron chi connectivity index (χ0n) is 5.93. The molecule has 0 amide bonds. The number of ether oxygens (including phenoxy) is 1. The van der Waals surface area contributed by atoms with Gasteiger partial charge in [-0.25, -0.2) is 0 Å². The van der Waals surface area contributed by atoms with E-state index in [9.17, 15) is 0 Å². The SMILES string of the molecule is COC(C)(N)N(C)C. The minimum Gasteiger partial charge on any atom is -0.351 e. The fourth-order valence-electron chi connectivity index (χ4n) is 0.183. The van der Waals surface area contributed by atoms with E-state index in [0.29, 0.717) is 0 Å². The van der Waals surface area contributed by atoms with E-state index in [2.05, 4.69) is 0 Å². The van der Waals surface area contributed by atoms with Crippen LogP contribution in [0.3, 0.4) is 0 Å². The molecule has 0 heterocycles. The second kappa shape index (κ2) is 2.44. The van der Waals surface area contributed by atoms with Gasteiger partial charge in [-0.1, -0.05) is 0 Å². The van der Waals surface area contributed by atoms with E-state index in [-0.39, 0.29) is 0 Å². The van der Waals surface area contributed by atoms with Crippen molar-refractivity contribution < 1.29 is 4.74 Å². The van der Waals surface area contributed by atoms with Crippen LogP contribution in [0.15, 0.2) is 0 Å². The second-order valence-corrected chi connectivity index (χ2v) is 2.15. The van der Waals surface area contributed by atoms with Crippen molar-refractivity contribution in [2.75, 3.05) is 21.2 Å². The van der Waals surface area contributed by atoms with Crippen molar-refractivity contribution in [1.82, 2.24) is 4.90 Å². The molecule has 0 aromatic carbocycles. The third kappa shape index (κ3) is 1.78. The second-order valence-electron chi connectivity index (χ2n) is 2.15. The number of rotatable bonds is 2. The molecule has 0 saturated heterocycles. The summed E-state index contributed by atoms with van der Waals surface area (Å²) in [5.74, 6) is -0.625. The highest BCUT2D eigenvalue weighted by atomic mass is 16.5. The van der Waals surface area contributed by atoms with E-state index >= 15 is 0 Å². The Kier molecular flexibility index (Phi) is 2.40. The Morgan fingerprint density at radius 3 is 1.88 bits per heavy atom. The summed E-state index contributed by atoms with van der Waals surface area (Å²) in [7, 11) is 5.31. The molecule has 0 radical (unpaired) electrons. The highest BCUT2D eigenvalue weighted by Crippen LogP contribution is 2.00. The molecular weight excluding hydrogens is 104 g/mol. The maximum Gasteiger partial charge on any atom is 0.170 e. The Balaban J connectivity index is 3.71. The Labute approximate surface area is 50.4 Å². The lowest BCUT2D eigenvalue weighted by Crippen LogP contribution is -2.51. The van der Waals surface area contributed by atoms with E-state index in [1.54, 1.807) is 18.9 Å². The van der Waals surface area contributed by atoms with Crippen LogP contribution in [0.25, 0.3) is 0 Å². The lowest BCUT2D eigenvalue weighted by atomic mass is 10.4. The molecule has 0 aromatic rings. The average molecular weight is 118 g/mol. The number of hydrogen-bond donors (Lipinski definition) is 1. The molecule has 2 N–H and O–H groups in total. The number of nitrogens with two attached hydrogens (primary N) is 1. The first kappa shape index (κ1) is 7.88. The Hall–Kier alpha value is -0.120. The van der Waals surface area contributed by atoms with Gasteiger partial charge in [0, 0.05) is 7.11 Å². The Morgan fingerprint density at radius 2 is 1.88 bits per heavy atom. The summed E-state index contributed by atoms with van der Waals surface area (Å²) in [5.41, 5.74) is 5.56. The quantitative estimate of drug-likeness (QED) is 0.511. The minimum atomic E-state index is -0.625. The van der Waals surface area contributed by atoms with Crippen LogP contribution in [-0.2, 0) is 4.74 Å². The van der Waals surface area contributed by atoms with Gasteiger partial charge >= 0.3 is 0 Å². The minimum absolute atomic E-state index is 0.625. The summed E-state index contributed by atoms with van der Waals surface area (Å²) in [4.78, 5) is 1.80. The van der Waals surface area contributed by atoms with Crippen LogP contribution in [0.4, 0.5) is 0 Å². The monoisotopic (exact) mass is 118 g/mol. The van der Waals surface area contributed by atoms with Gasteiger partial charge in [-0.2, -0.15) is 0 Å². The molecule has 0 aliphatic rings. The molecule has 0 aliphatic heterocycles. The molecule has 0 rings (SSSR count). The highest BCUT2D eigenvalue weighted by molar-refractivity contribution is 4.59. The van der Waals surface area contributed by atoms with Gasteiger partial charge in [0.1, 0.15) is 0 Å². The van der Waals surface area contributed by atoms with Crippen molar-refractivity contribution in [1.29, 1.82) is 0 Å². The third-order valence-corrected chi connectivity index (χ3v) is 1.30. The summed E-state index contributed by atoms with van der Waals surface area (Å²) >= 11 is 0. The van der Waals surface area contributed by atoms with Crippen molar-refractivity contribution in [3.05, 3.63) is 0 Å². The topological polar surface area (TPSA) is 38.5 Å². The zero-order chi connectivity index (χ0) is 6.78. The van der Waals surface area contributed by atoms with Gasteiger partial charge in [-0.3, -0.25) is 10.6 Å². The Morgan fingerprint density at radius 1 is 1.50 bits per heavy atom. The summed E-state index contributed by atoms with van der Waals surface area (Å²) < 4.78 is 4.90. The van der Waals surface area contributed by atoms with Gasteiger partial charge in [0.15, 0.2) is 5.85 Å². The summed E-state index contributed by atoms with van der Waals surface area (Å²) in [6.07, 6.45) is 0. The van der Waals surface area contributed by atoms with E-state index < -0.39 is 5.85 Å². The zero-order valence-corrected chi connectivity index (χ0v) is 5.93. The maximum atomic E-state index is 5.56. The number of nitrogens with zero attached hydrogens (tertiary/aromatic N) is 1. The van der Waals surface area contributed by atoms with Crippen molar-refractivity contribution in [2.45, 2.75) is 12.8 Å². The molecule has 0 spiro atoms. The molecule has 8 heavy (non-hydrogen) atoms. The highest BCUT2D eigenvalue weighted by Gasteiger charge is 2.18. The summed E-state index contributed by atoms with van der Waals surface area (Å²) in [5, 5.41) is 0. The van der Waals surface area contributed by atoms with E-state index in [0.717, 1.165) is 0 Å². The first-order chi connectivity index (χ1) is 3.50. The van der Waals surface area contributed by atoms with Crippen molar-refractivity contribution in [3.8, 4) is 0 Å². The van der Waals surface area contributed by atoms with Gasteiger partial charge in [0.25, 0.3) is 0 Å².